The Hall–Kier alpha value is -3.59. The monoisotopic (exact) mass is 342 g/mol. The predicted octanol–water partition coefficient (Wildman–Crippen LogP) is 3.11. The maximum Gasteiger partial charge on any atom is 0.168 e. The molecule has 1 N–H and O–H groups in total. The van der Waals surface area contributed by atoms with E-state index in [-0.39, 0.29) is 0 Å². The molecule has 0 aliphatic heterocycles. The Morgan fingerprint density at radius 3 is 2.73 bits per heavy atom. The first-order chi connectivity index (χ1) is 12.8. The zero-order valence-corrected chi connectivity index (χ0v) is 14.2. The number of fused-ring (bicyclic) bond motifs is 1. The fourth-order valence-electron chi connectivity index (χ4n) is 3.01. The standard InChI is InChI=1S/C20H18N6/c21-14-17-20(24-19-8-4-5-12-26(17)19)23-10-9-18-22-11-13-25(18)15-16-6-2-1-3-7-16/h1-8,11-13,23H,9-10,15H2. The minimum Gasteiger partial charge on any atom is -0.367 e. The van der Waals surface area contributed by atoms with Crippen LogP contribution in [-0.2, 0) is 13.0 Å². The topological polar surface area (TPSA) is 70.9 Å². The van der Waals surface area contributed by atoms with Gasteiger partial charge in [-0.05, 0) is 17.7 Å². The van der Waals surface area contributed by atoms with Gasteiger partial charge in [0.2, 0.25) is 0 Å². The highest BCUT2D eigenvalue weighted by atomic mass is 15.1. The van der Waals surface area contributed by atoms with Gasteiger partial charge < -0.3 is 9.88 Å². The molecule has 0 saturated carbocycles. The molecule has 0 fully saturated rings. The van der Waals surface area contributed by atoms with E-state index >= 15 is 0 Å². The van der Waals surface area contributed by atoms with Crippen LogP contribution in [0.25, 0.3) is 5.65 Å². The number of nitrogens with one attached hydrogen (secondary N) is 1. The number of hydrogen-bond donors (Lipinski definition) is 1. The smallest absolute Gasteiger partial charge is 0.168 e. The Morgan fingerprint density at radius 1 is 1.04 bits per heavy atom. The Labute approximate surface area is 151 Å². The maximum absolute atomic E-state index is 9.43. The molecule has 3 heterocycles. The van der Waals surface area contributed by atoms with Crippen molar-refractivity contribution in [1.29, 1.82) is 5.26 Å². The van der Waals surface area contributed by atoms with Crippen molar-refractivity contribution in [2.75, 3.05) is 11.9 Å². The summed E-state index contributed by atoms with van der Waals surface area (Å²) in [5.74, 6) is 1.61. The van der Waals surface area contributed by atoms with Gasteiger partial charge >= 0.3 is 0 Å². The number of pyridine rings is 1. The van der Waals surface area contributed by atoms with Crippen LogP contribution in [0.4, 0.5) is 5.82 Å². The summed E-state index contributed by atoms with van der Waals surface area (Å²) in [6.07, 6.45) is 6.41. The summed E-state index contributed by atoms with van der Waals surface area (Å²) in [7, 11) is 0. The molecular weight excluding hydrogens is 324 g/mol. The number of nitriles is 1. The van der Waals surface area contributed by atoms with Gasteiger partial charge in [0, 0.05) is 38.1 Å². The third-order valence-corrected chi connectivity index (χ3v) is 4.27. The summed E-state index contributed by atoms with van der Waals surface area (Å²) in [5.41, 5.74) is 2.53. The average Bonchev–Trinajstić information content (AvgIpc) is 3.26. The zero-order valence-electron chi connectivity index (χ0n) is 14.2. The molecule has 26 heavy (non-hydrogen) atoms. The van der Waals surface area contributed by atoms with E-state index in [1.807, 2.05) is 55.0 Å². The predicted molar refractivity (Wildman–Crippen MR) is 99.9 cm³/mol. The molecule has 1 aromatic carbocycles. The summed E-state index contributed by atoms with van der Waals surface area (Å²) in [4.78, 5) is 8.96. The molecule has 0 unspecified atom stereocenters. The highest BCUT2D eigenvalue weighted by Crippen LogP contribution is 2.16. The van der Waals surface area contributed by atoms with Gasteiger partial charge in [0.15, 0.2) is 11.5 Å². The van der Waals surface area contributed by atoms with Crippen molar-refractivity contribution in [3.8, 4) is 6.07 Å². The Balaban J connectivity index is 1.45. The fourth-order valence-corrected chi connectivity index (χ4v) is 3.01. The lowest BCUT2D eigenvalue weighted by Crippen LogP contribution is -2.11. The van der Waals surface area contributed by atoms with Gasteiger partial charge in [0.1, 0.15) is 17.5 Å². The van der Waals surface area contributed by atoms with Crippen molar-refractivity contribution in [3.63, 3.8) is 0 Å². The van der Waals surface area contributed by atoms with E-state index in [1.54, 1.807) is 4.40 Å². The molecule has 0 amide bonds. The van der Waals surface area contributed by atoms with E-state index in [1.165, 1.54) is 5.56 Å². The van der Waals surface area contributed by atoms with Crippen LogP contribution < -0.4 is 5.32 Å². The second kappa shape index (κ2) is 7.11. The largest absolute Gasteiger partial charge is 0.367 e. The Morgan fingerprint density at radius 2 is 1.88 bits per heavy atom. The maximum atomic E-state index is 9.43. The van der Waals surface area contributed by atoms with Crippen LogP contribution in [0.3, 0.4) is 0 Å². The van der Waals surface area contributed by atoms with Gasteiger partial charge in [-0.1, -0.05) is 36.4 Å². The molecule has 4 aromatic rings. The van der Waals surface area contributed by atoms with Crippen LogP contribution in [0.5, 0.6) is 0 Å². The van der Waals surface area contributed by atoms with Gasteiger partial charge in [-0.25, -0.2) is 9.97 Å². The van der Waals surface area contributed by atoms with Crippen molar-refractivity contribution in [1.82, 2.24) is 18.9 Å². The number of imidazole rings is 2. The average molecular weight is 342 g/mol. The first kappa shape index (κ1) is 15.9. The zero-order chi connectivity index (χ0) is 17.8. The van der Waals surface area contributed by atoms with Crippen LogP contribution in [0.1, 0.15) is 17.1 Å². The molecule has 0 saturated heterocycles. The Bertz CT molecular complexity index is 1050. The van der Waals surface area contributed by atoms with Gasteiger partial charge in [-0.2, -0.15) is 5.26 Å². The number of nitrogens with zero attached hydrogens (tertiary/aromatic N) is 5. The molecule has 3 aromatic heterocycles. The summed E-state index contributed by atoms with van der Waals surface area (Å²) in [5, 5.41) is 12.7. The molecule has 4 rings (SSSR count). The lowest BCUT2D eigenvalue weighted by molar-refractivity contribution is 0.722. The van der Waals surface area contributed by atoms with Gasteiger partial charge in [-0.15, -0.1) is 0 Å². The molecule has 128 valence electrons. The first-order valence-electron chi connectivity index (χ1n) is 8.50. The van der Waals surface area contributed by atoms with Gasteiger partial charge in [0.25, 0.3) is 0 Å². The third kappa shape index (κ3) is 3.15. The van der Waals surface area contributed by atoms with E-state index in [0.717, 1.165) is 24.4 Å². The molecule has 0 aliphatic rings. The van der Waals surface area contributed by atoms with Crippen molar-refractivity contribution in [2.24, 2.45) is 0 Å². The fraction of sp³-hybridized carbons (Fsp3) is 0.150. The second-order valence-electron chi connectivity index (χ2n) is 5.98. The second-order valence-corrected chi connectivity index (χ2v) is 5.98. The van der Waals surface area contributed by atoms with E-state index in [9.17, 15) is 5.26 Å². The summed E-state index contributed by atoms with van der Waals surface area (Å²) >= 11 is 0. The van der Waals surface area contributed by atoms with Crippen molar-refractivity contribution < 1.29 is 0 Å². The minimum atomic E-state index is 0.522. The number of anilines is 1. The molecule has 0 bridgehead atoms. The van der Waals surface area contributed by atoms with Gasteiger partial charge in [-0.3, -0.25) is 4.40 Å². The van der Waals surface area contributed by atoms with Crippen LogP contribution in [-0.4, -0.2) is 25.5 Å². The summed E-state index contributed by atoms with van der Waals surface area (Å²) in [6, 6.07) is 18.2. The molecule has 6 heteroatoms. The summed E-state index contributed by atoms with van der Waals surface area (Å²) < 4.78 is 3.94. The normalized spacial score (nSPS) is 10.7. The minimum absolute atomic E-state index is 0.522. The van der Waals surface area contributed by atoms with Crippen molar-refractivity contribution >= 4 is 11.5 Å². The van der Waals surface area contributed by atoms with E-state index in [2.05, 4.69) is 38.1 Å². The van der Waals surface area contributed by atoms with Crippen molar-refractivity contribution in [2.45, 2.75) is 13.0 Å². The van der Waals surface area contributed by atoms with Crippen LogP contribution in [0.2, 0.25) is 0 Å². The van der Waals surface area contributed by atoms with Crippen LogP contribution in [0, 0.1) is 11.3 Å². The molecule has 0 aliphatic carbocycles. The lowest BCUT2D eigenvalue weighted by atomic mass is 10.2. The Kier molecular flexibility index (Phi) is 4.35. The highest BCUT2D eigenvalue weighted by Gasteiger charge is 2.11. The molecule has 0 radical (unpaired) electrons. The molecule has 0 atom stereocenters. The molecule has 0 spiro atoms. The highest BCUT2D eigenvalue weighted by molar-refractivity contribution is 5.58. The number of hydrogen-bond acceptors (Lipinski definition) is 4. The van der Waals surface area contributed by atoms with Gasteiger partial charge in [0.05, 0.1) is 0 Å². The van der Waals surface area contributed by atoms with E-state index in [4.69, 9.17) is 0 Å². The number of rotatable bonds is 6. The first-order valence-corrected chi connectivity index (χ1v) is 8.50. The molecular formula is C20H18N6. The van der Waals surface area contributed by atoms with Crippen molar-refractivity contribution in [3.05, 3.63) is 84.2 Å². The van der Waals surface area contributed by atoms with Crippen LogP contribution >= 0.6 is 0 Å². The number of benzene rings is 1. The van der Waals surface area contributed by atoms with E-state index < -0.39 is 0 Å². The summed E-state index contributed by atoms with van der Waals surface area (Å²) in [6.45, 7) is 1.46. The molecule has 6 nitrogen and oxygen atoms in total. The van der Waals surface area contributed by atoms with Crippen LogP contribution in [0.15, 0.2) is 67.1 Å². The number of aromatic nitrogens is 4. The lowest BCUT2D eigenvalue weighted by Gasteiger charge is -2.08. The quantitative estimate of drug-likeness (QED) is 0.584. The van der Waals surface area contributed by atoms with E-state index in [0.29, 0.717) is 18.1 Å². The third-order valence-electron chi connectivity index (χ3n) is 4.27. The SMILES string of the molecule is N#Cc1c(NCCc2nccn2Cc2ccccc2)nc2ccccn12.